The number of rotatable bonds is 2. The van der Waals surface area contributed by atoms with Crippen LogP contribution in [-0.4, -0.2) is 18.4 Å². The lowest BCUT2D eigenvalue weighted by Crippen LogP contribution is -2.49. The van der Waals surface area contributed by atoms with Gasteiger partial charge >= 0.3 is 0 Å². The highest BCUT2D eigenvalue weighted by Gasteiger charge is 2.48. The van der Waals surface area contributed by atoms with Crippen LogP contribution in [0, 0.1) is 11.3 Å². The average Bonchev–Trinajstić information content (AvgIpc) is 2.55. The van der Waals surface area contributed by atoms with Gasteiger partial charge < -0.3 is 11.1 Å². The first-order valence-electron chi connectivity index (χ1n) is 6.74. The molecule has 1 heterocycles. The van der Waals surface area contributed by atoms with Crippen molar-refractivity contribution < 1.29 is 9.59 Å². The Balaban J connectivity index is 2.24. The van der Waals surface area contributed by atoms with Gasteiger partial charge in [0.2, 0.25) is 11.8 Å². The molecule has 0 spiro atoms. The van der Waals surface area contributed by atoms with Crippen molar-refractivity contribution in [2.45, 2.75) is 51.4 Å². The molecule has 1 aliphatic heterocycles. The fourth-order valence-electron chi connectivity index (χ4n) is 3.42. The van der Waals surface area contributed by atoms with E-state index in [1.54, 1.807) is 0 Å². The Morgan fingerprint density at radius 1 is 1.18 bits per heavy atom. The molecule has 96 valence electrons. The van der Waals surface area contributed by atoms with Crippen molar-refractivity contribution in [1.82, 2.24) is 5.32 Å². The van der Waals surface area contributed by atoms with Crippen LogP contribution in [0.4, 0.5) is 0 Å². The van der Waals surface area contributed by atoms with Gasteiger partial charge in [0, 0.05) is 6.54 Å². The number of nitrogens with one attached hydrogen (secondary N) is 1. The molecule has 1 saturated carbocycles. The molecule has 4 nitrogen and oxygen atoms in total. The highest BCUT2D eigenvalue weighted by molar-refractivity contribution is 5.90. The Labute approximate surface area is 102 Å². The summed E-state index contributed by atoms with van der Waals surface area (Å²) >= 11 is 0. The molecule has 4 heteroatoms. The van der Waals surface area contributed by atoms with E-state index in [2.05, 4.69) is 5.32 Å². The molecule has 2 amide bonds. The molecular formula is C13H22N2O2. The molecular weight excluding hydrogens is 216 g/mol. The van der Waals surface area contributed by atoms with Crippen LogP contribution in [0.15, 0.2) is 0 Å². The molecule has 0 unspecified atom stereocenters. The Morgan fingerprint density at radius 3 is 2.53 bits per heavy atom. The quantitative estimate of drug-likeness (QED) is 0.762. The summed E-state index contributed by atoms with van der Waals surface area (Å²) in [5.41, 5.74) is 5.06. The summed E-state index contributed by atoms with van der Waals surface area (Å²) in [6.07, 6.45) is 7.62. The number of primary amides is 1. The first kappa shape index (κ1) is 12.4. The van der Waals surface area contributed by atoms with Crippen molar-refractivity contribution in [1.29, 1.82) is 0 Å². The van der Waals surface area contributed by atoms with Crippen LogP contribution >= 0.6 is 0 Å². The Hall–Kier alpha value is -1.06. The van der Waals surface area contributed by atoms with E-state index in [0.29, 0.717) is 0 Å². The predicted molar refractivity (Wildman–Crippen MR) is 65.1 cm³/mol. The standard InChI is InChI=1S/C13H22N2O2/c14-12(17)13(7-3-1-4-8-13)10-6-2-5-9-15-11(10)16/h10H,1-9H2,(H2,14,17)(H,15,16)/t10-/m1/s1. The second-order valence-electron chi connectivity index (χ2n) is 5.42. The van der Waals surface area contributed by atoms with Gasteiger partial charge in [-0.25, -0.2) is 0 Å². The molecule has 0 aromatic carbocycles. The molecule has 2 aliphatic rings. The van der Waals surface area contributed by atoms with Crippen molar-refractivity contribution in [3.63, 3.8) is 0 Å². The van der Waals surface area contributed by atoms with Gasteiger partial charge in [-0.15, -0.1) is 0 Å². The summed E-state index contributed by atoms with van der Waals surface area (Å²) < 4.78 is 0. The smallest absolute Gasteiger partial charge is 0.224 e. The van der Waals surface area contributed by atoms with Crippen LogP contribution in [0.3, 0.4) is 0 Å². The lowest BCUT2D eigenvalue weighted by molar-refractivity contribution is -0.142. The summed E-state index contributed by atoms with van der Waals surface area (Å²) in [6.45, 7) is 0.740. The highest BCUT2D eigenvalue weighted by atomic mass is 16.2. The van der Waals surface area contributed by atoms with Gasteiger partial charge in [-0.05, 0) is 25.7 Å². The molecule has 1 saturated heterocycles. The van der Waals surface area contributed by atoms with Crippen LogP contribution in [-0.2, 0) is 9.59 Å². The van der Waals surface area contributed by atoms with E-state index in [4.69, 9.17) is 5.73 Å². The van der Waals surface area contributed by atoms with Crippen LogP contribution < -0.4 is 11.1 Å². The number of carbonyl (C=O) groups is 2. The van der Waals surface area contributed by atoms with E-state index in [9.17, 15) is 9.59 Å². The van der Waals surface area contributed by atoms with E-state index >= 15 is 0 Å². The molecule has 0 radical (unpaired) electrons. The largest absolute Gasteiger partial charge is 0.369 e. The lowest BCUT2D eigenvalue weighted by Gasteiger charge is -2.39. The maximum atomic E-state index is 12.1. The summed E-state index contributed by atoms with van der Waals surface area (Å²) in [5, 5.41) is 2.92. The summed E-state index contributed by atoms with van der Waals surface area (Å²) in [6, 6.07) is 0. The predicted octanol–water partition coefficient (Wildman–Crippen LogP) is 1.34. The number of carbonyl (C=O) groups excluding carboxylic acids is 2. The average molecular weight is 238 g/mol. The van der Waals surface area contributed by atoms with E-state index in [1.165, 1.54) is 0 Å². The van der Waals surface area contributed by atoms with E-state index in [1.807, 2.05) is 0 Å². The molecule has 1 aliphatic carbocycles. The number of hydrogen-bond donors (Lipinski definition) is 2. The van der Waals surface area contributed by atoms with Crippen LogP contribution in [0.1, 0.15) is 51.4 Å². The van der Waals surface area contributed by atoms with Gasteiger partial charge in [0.15, 0.2) is 0 Å². The molecule has 1 atom stereocenters. The molecule has 2 fully saturated rings. The van der Waals surface area contributed by atoms with E-state index in [-0.39, 0.29) is 17.7 Å². The topological polar surface area (TPSA) is 72.2 Å². The zero-order chi connectivity index (χ0) is 12.3. The Morgan fingerprint density at radius 2 is 1.88 bits per heavy atom. The SMILES string of the molecule is NC(=O)C1([C@@H]2CCCCNC2=O)CCCCC1. The maximum absolute atomic E-state index is 12.1. The first-order chi connectivity index (χ1) is 8.17. The van der Waals surface area contributed by atoms with E-state index in [0.717, 1.165) is 57.9 Å². The number of hydrogen-bond acceptors (Lipinski definition) is 2. The van der Waals surface area contributed by atoms with Crippen molar-refractivity contribution in [2.24, 2.45) is 17.1 Å². The van der Waals surface area contributed by atoms with Crippen molar-refractivity contribution >= 4 is 11.8 Å². The molecule has 3 N–H and O–H groups in total. The van der Waals surface area contributed by atoms with Crippen LogP contribution in [0.25, 0.3) is 0 Å². The van der Waals surface area contributed by atoms with Crippen LogP contribution in [0.2, 0.25) is 0 Å². The second kappa shape index (κ2) is 5.07. The van der Waals surface area contributed by atoms with Gasteiger partial charge in [0.1, 0.15) is 0 Å². The number of amides is 2. The van der Waals surface area contributed by atoms with Gasteiger partial charge in [-0.3, -0.25) is 9.59 Å². The second-order valence-corrected chi connectivity index (χ2v) is 5.42. The Bertz CT molecular complexity index is 309. The van der Waals surface area contributed by atoms with E-state index < -0.39 is 5.41 Å². The molecule has 0 aromatic rings. The summed E-state index contributed by atoms with van der Waals surface area (Å²) in [5.74, 6) is -0.412. The fourth-order valence-corrected chi connectivity index (χ4v) is 3.42. The third-order valence-corrected chi connectivity index (χ3v) is 4.44. The minimum Gasteiger partial charge on any atom is -0.369 e. The molecule has 0 bridgehead atoms. The molecule has 17 heavy (non-hydrogen) atoms. The van der Waals surface area contributed by atoms with Gasteiger partial charge in [0.05, 0.1) is 11.3 Å². The number of nitrogens with two attached hydrogens (primary N) is 1. The van der Waals surface area contributed by atoms with Crippen molar-refractivity contribution in [3.05, 3.63) is 0 Å². The minimum absolute atomic E-state index is 0.0446. The van der Waals surface area contributed by atoms with Crippen LogP contribution in [0.5, 0.6) is 0 Å². The molecule has 2 rings (SSSR count). The first-order valence-corrected chi connectivity index (χ1v) is 6.74. The third kappa shape index (κ3) is 2.31. The maximum Gasteiger partial charge on any atom is 0.224 e. The third-order valence-electron chi connectivity index (χ3n) is 4.44. The zero-order valence-corrected chi connectivity index (χ0v) is 10.3. The normalized spacial score (nSPS) is 29.2. The van der Waals surface area contributed by atoms with Crippen molar-refractivity contribution in [2.75, 3.05) is 6.54 Å². The minimum atomic E-state index is -0.563. The fraction of sp³-hybridized carbons (Fsp3) is 0.846. The monoisotopic (exact) mass is 238 g/mol. The highest BCUT2D eigenvalue weighted by Crippen LogP contribution is 2.45. The summed E-state index contributed by atoms with van der Waals surface area (Å²) in [7, 11) is 0. The lowest BCUT2D eigenvalue weighted by atomic mass is 9.63. The zero-order valence-electron chi connectivity index (χ0n) is 10.3. The Kier molecular flexibility index (Phi) is 3.69. The van der Waals surface area contributed by atoms with Gasteiger partial charge in [-0.1, -0.05) is 25.7 Å². The van der Waals surface area contributed by atoms with Gasteiger partial charge in [-0.2, -0.15) is 0 Å². The summed E-state index contributed by atoms with van der Waals surface area (Å²) in [4.78, 5) is 24.0. The molecule has 0 aromatic heterocycles. The van der Waals surface area contributed by atoms with Crippen molar-refractivity contribution in [3.8, 4) is 0 Å². The van der Waals surface area contributed by atoms with Gasteiger partial charge in [0.25, 0.3) is 0 Å².